The van der Waals surface area contributed by atoms with Gasteiger partial charge in [-0.1, -0.05) is 11.6 Å². The van der Waals surface area contributed by atoms with Crippen LogP contribution in [0.25, 0.3) is 0 Å². The van der Waals surface area contributed by atoms with E-state index in [4.69, 9.17) is 21.6 Å². The molecule has 1 aromatic heterocycles. The Bertz CT molecular complexity index is 319. The van der Waals surface area contributed by atoms with Crippen LogP contribution < -0.4 is 4.74 Å². The summed E-state index contributed by atoms with van der Waals surface area (Å²) in [5.74, 6) is 0.553. The van der Waals surface area contributed by atoms with E-state index >= 15 is 0 Å². The van der Waals surface area contributed by atoms with Crippen molar-refractivity contribution in [1.29, 1.82) is 5.26 Å². The van der Waals surface area contributed by atoms with Gasteiger partial charge in [0.2, 0.25) is 0 Å². The summed E-state index contributed by atoms with van der Waals surface area (Å²) in [6.07, 6.45) is 1.77. The molecule has 1 rings (SSSR count). The molecule has 0 atom stereocenters. The van der Waals surface area contributed by atoms with Crippen molar-refractivity contribution in [2.45, 2.75) is 6.42 Å². The molecule has 62 valence electrons. The molecule has 0 unspecified atom stereocenters. The van der Waals surface area contributed by atoms with Crippen molar-refractivity contribution in [3.8, 4) is 11.8 Å². The number of nitrogens with zero attached hydrogens (tertiary/aromatic N) is 2. The van der Waals surface area contributed by atoms with Gasteiger partial charge in [0.25, 0.3) is 0 Å². The van der Waals surface area contributed by atoms with Gasteiger partial charge in [-0.15, -0.1) is 0 Å². The Balaban J connectivity index is 3.07. The number of halogens is 1. The van der Waals surface area contributed by atoms with Crippen LogP contribution in [0, 0.1) is 11.3 Å². The van der Waals surface area contributed by atoms with Gasteiger partial charge in [-0.2, -0.15) is 5.26 Å². The molecule has 0 saturated carbocycles. The molecule has 1 aromatic rings. The van der Waals surface area contributed by atoms with Gasteiger partial charge in [0, 0.05) is 12.3 Å². The Morgan fingerprint density at radius 3 is 3.08 bits per heavy atom. The van der Waals surface area contributed by atoms with Gasteiger partial charge in [0.1, 0.15) is 10.8 Å². The van der Waals surface area contributed by atoms with E-state index in [2.05, 4.69) is 4.98 Å². The molecule has 0 saturated heterocycles. The lowest BCUT2D eigenvalue weighted by Crippen LogP contribution is -1.92. The van der Waals surface area contributed by atoms with Gasteiger partial charge in [-0.05, 0) is 0 Å². The summed E-state index contributed by atoms with van der Waals surface area (Å²) in [7, 11) is 1.53. The van der Waals surface area contributed by atoms with Crippen LogP contribution in [0.15, 0.2) is 12.3 Å². The molecule has 3 nitrogen and oxygen atoms in total. The second-order valence-electron chi connectivity index (χ2n) is 2.11. The Morgan fingerprint density at radius 1 is 1.75 bits per heavy atom. The average Bonchev–Trinajstić information content (AvgIpc) is 2.09. The Hall–Kier alpha value is -1.27. The van der Waals surface area contributed by atoms with Crippen molar-refractivity contribution in [1.82, 2.24) is 4.98 Å². The molecule has 0 aliphatic heterocycles. The van der Waals surface area contributed by atoms with Crippen LogP contribution in [0.4, 0.5) is 0 Å². The molecule has 0 aliphatic carbocycles. The quantitative estimate of drug-likeness (QED) is 0.701. The lowest BCUT2D eigenvalue weighted by Gasteiger charge is -2.03. The van der Waals surface area contributed by atoms with Gasteiger partial charge in [-0.3, -0.25) is 4.98 Å². The fourth-order valence-corrected chi connectivity index (χ4v) is 1.08. The molecule has 4 heteroatoms. The number of pyridine rings is 1. The molecule has 1 heterocycles. The smallest absolute Gasteiger partial charge is 0.140 e. The number of nitriles is 1. The zero-order valence-electron chi connectivity index (χ0n) is 6.54. The van der Waals surface area contributed by atoms with Crippen molar-refractivity contribution >= 4 is 11.6 Å². The van der Waals surface area contributed by atoms with E-state index in [0.29, 0.717) is 16.5 Å². The summed E-state index contributed by atoms with van der Waals surface area (Å²) in [6, 6.07) is 3.63. The number of aromatic nitrogens is 1. The highest BCUT2D eigenvalue weighted by Gasteiger charge is 2.06. The third-order valence-corrected chi connectivity index (χ3v) is 1.80. The van der Waals surface area contributed by atoms with E-state index in [1.165, 1.54) is 7.11 Å². The van der Waals surface area contributed by atoms with E-state index in [-0.39, 0.29) is 6.42 Å². The fraction of sp³-hybridized carbons (Fsp3) is 0.250. The lowest BCUT2D eigenvalue weighted by molar-refractivity contribution is 0.414. The average molecular weight is 183 g/mol. The van der Waals surface area contributed by atoms with Crippen LogP contribution in [0.5, 0.6) is 5.75 Å². The van der Waals surface area contributed by atoms with E-state index in [9.17, 15) is 0 Å². The van der Waals surface area contributed by atoms with Crippen molar-refractivity contribution in [2.75, 3.05) is 7.11 Å². The monoisotopic (exact) mass is 182 g/mol. The molecule has 0 aromatic carbocycles. The zero-order chi connectivity index (χ0) is 8.97. The molecule has 0 amide bonds. The van der Waals surface area contributed by atoms with Crippen LogP contribution >= 0.6 is 11.6 Å². The number of hydrogen-bond donors (Lipinski definition) is 0. The van der Waals surface area contributed by atoms with Crippen molar-refractivity contribution in [3.05, 3.63) is 23.0 Å². The first kappa shape index (κ1) is 8.82. The van der Waals surface area contributed by atoms with Crippen molar-refractivity contribution in [3.63, 3.8) is 0 Å². The maximum absolute atomic E-state index is 8.42. The first-order valence-corrected chi connectivity index (χ1v) is 3.71. The second-order valence-corrected chi connectivity index (χ2v) is 2.49. The summed E-state index contributed by atoms with van der Waals surface area (Å²) < 4.78 is 4.95. The SMILES string of the molecule is COc1ccnc(CC#N)c1Cl. The first-order chi connectivity index (χ1) is 5.79. The van der Waals surface area contributed by atoms with Crippen LogP contribution in [0.3, 0.4) is 0 Å². The van der Waals surface area contributed by atoms with E-state index in [1.807, 2.05) is 6.07 Å². The van der Waals surface area contributed by atoms with Gasteiger partial charge >= 0.3 is 0 Å². The lowest BCUT2D eigenvalue weighted by atomic mass is 10.3. The predicted molar refractivity (Wildman–Crippen MR) is 45.1 cm³/mol. The minimum Gasteiger partial charge on any atom is -0.495 e. The maximum atomic E-state index is 8.42. The Morgan fingerprint density at radius 2 is 2.50 bits per heavy atom. The highest BCUT2D eigenvalue weighted by molar-refractivity contribution is 6.32. The van der Waals surface area contributed by atoms with Crippen molar-refractivity contribution in [2.24, 2.45) is 0 Å². The minimum atomic E-state index is 0.204. The molecule has 0 N–H and O–H groups in total. The molecular formula is C8H7ClN2O. The molecule has 12 heavy (non-hydrogen) atoms. The first-order valence-electron chi connectivity index (χ1n) is 3.34. The second kappa shape index (κ2) is 3.93. The molecule has 0 radical (unpaired) electrons. The summed E-state index contributed by atoms with van der Waals surface area (Å²) in [5, 5.41) is 8.84. The number of ether oxygens (including phenoxy) is 1. The maximum Gasteiger partial charge on any atom is 0.140 e. The van der Waals surface area contributed by atoms with E-state index in [0.717, 1.165) is 0 Å². The number of hydrogen-bond acceptors (Lipinski definition) is 3. The summed E-state index contributed by atoms with van der Waals surface area (Å²) in [6.45, 7) is 0. The topological polar surface area (TPSA) is 45.9 Å². The van der Waals surface area contributed by atoms with Gasteiger partial charge in [0.15, 0.2) is 0 Å². The zero-order valence-corrected chi connectivity index (χ0v) is 7.30. The summed E-state index contributed by atoms with van der Waals surface area (Å²) in [4.78, 5) is 3.94. The summed E-state index contributed by atoms with van der Waals surface area (Å²) >= 11 is 5.85. The fourth-order valence-electron chi connectivity index (χ4n) is 0.823. The van der Waals surface area contributed by atoms with Crippen molar-refractivity contribution < 1.29 is 4.74 Å². The third kappa shape index (κ3) is 1.66. The standard InChI is InChI=1S/C8H7ClN2O/c1-12-7-3-5-11-6(2-4-10)8(7)9/h3,5H,2H2,1H3. The molecule has 0 aliphatic rings. The molecular weight excluding hydrogens is 176 g/mol. The van der Waals surface area contributed by atoms with Gasteiger partial charge < -0.3 is 4.74 Å². The molecule has 0 bridgehead atoms. The van der Waals surface area contributed by atoms with Crippen LogP contribution in [0.1, 0.15) is 5.69 Å². The number of methoxy groups -OCH3 is 1. The third-order valence-electron chi connectivity index (χ3n) is 1.39. The Kier molecular flexibility index (Phi) is 2.89. The largest absolute Gasteiger partial charge is 0.495 e. The normalized spacial score (nSPS) is 9.08. The summed E-state index contributed by atoms with van der Waals surface area (Å²) in [5.41, 5.74) is 0.554. The van der Waals surface area contributed by atoms with Crippen LogP contribution in [-0.4, -0.2) is 12.1 Å². The highest BCUT2D eigenvalue weighted by atomic mass is 35.5. The van der Waals surface area contributed by atoms with E-state index in [1.54, 1.807) is 12.3 Å². The molecule has 0 fully saturated rings. The minimum absolute atomic E-state index is 0.204. The molecule has 0 spiro atoms. The van der Waals surface area contributed by atoms with Gasteiger partial charge in [0.05, 0.1) is 25.3 Å². The van der Waals surface area contributed by atoms with Crippen LogP contribution in [0.2, 0.25) is 5.02 Å². The Labute approximate surface area is 75.6 Å². The van der Waals surface area contributed by atoms with E-state index < -0.39 is 0 Å². The van der Waals surface area contributed by atoms with Gasteiger partial charge in [-0.25, -0.2) is 0 Å². The predicted octanol–water partition coefficient (Wildman–Crippen LogP) is 1.81. The number of rotatable bonds is 2. The van der Waals surface area contributed by atoms with Crippen LogP contribution in [-0.2, 0) is 6.42 Å². The highest BCUT2D eigenvalue weighted by Crippen LogP contribution is 2.25.